The predicted octanol–water partition coefficient (Wildman–Crippen LogP) is 2.73. The van der Waals surface area contributed by atoms with Crippen molar-refractivity contribution in [2.24, 2.45) is 0 Å². The highest BCUT2D eigenvalue weighted by molar-refractivity contribution is 6.31. The molecule has 0 radical (unpaired) electrons. The quantitative estimate of drug-likeness (QED) is 0.482. The van der Waals surface area contributed by atoms with Gasteiger partial charge in [0.25, 0.3) is 11.6 Å². The maximum atomic E-state index is 12.1. The summed E-state index contributed by atoms with van der Waals surface area (Å²) < 4.78 is 0. The lowest BCUT2D eigenvalue weighted by Crippen LogP contribution is -2.42. The first kappa shape index (κ1) is 17.4. The first-order valence-electron chi connectivity index (χ1n) is 7.54. The number of carbonyl (C=O) groups excluding carboxylic acids is 2. The number of H-pyrrole nitrogens is 1. The molecule has 1 heterocycles. The van der Waals surface area contributed by atoms with Crippen LogP contribution in [-0.2, 0) is 11.2 Å². The summed E-state index contributed by atoms with van der Waals surface area (Å²) >= 11 is 5.71. The van der Waals surface area contributed by atoms with Crippen molar-refractivity contribution in [3.8, 4) is 0 Å². The number of nitro groups is 1. The van der Waals surface area contributed by atoms with Crippen molar-refractivity contribution in [3.05, 3.63) is 74.9 Å². The van der Waals surface area contributed by atoms with E-state index in [9.17, 15) is 19.7 Å². The number of nitrogens with one attached hydrogen (secondary N) is 3. The molecular weight excluding hydrogens is 360 g/mol. The van der Waals surface area contributed by atoms with Gasteiger partial charge < -0.3 is 4.98 Å². The van der Waals surface area contributed by atoms with Gasteiger partial charge in [-0.05, 0) is 23.8 Å². The number of halogens is 1. The highest BCUT2D eigenvalue weighted by atomic mass is 35.5. The summed E-state index contributed by atoms with van der Waals surface area (Å²) in [6.45, 7) is 0. The van der Waals surface area contributed by atoms with Crippen molar-refractivity contribution in [2.75, 3.05) is 0 Å². The van der Waals surface area contributed by atoms with E-state index in [0.29, 0.717) is 0 Å². The van der Waals surface area contributed by atoms with Gasteiger partial charge in [-0.25, -0.2) is 0 Å². The van der Waals surface area contributed by atoms with Crippen LogP contribution in [0.3, 0.4) is 0 Å². The summed E-state index contributed by atoms with van der Waals surface area (Å²) in [5.41, 5.74) is 5.46. The van der Waals surface area contributed by atoms with Crippen LogP contribution >= 0.6 is 11.6 Å². The maximum absolute atomic E-state index is 12.1. The van der Waals surface area contributed by atoms with Crippen molar-refractivity contribution in [2.45, 2.75) is 6.42 Å². The molecule has 3 N–H and O–H groups in total. The van der Waals surface area contributed by atoms with Crippen LogP contribution in [0.15, 0.2) is 48.7 Å². The Hall–Kier alpha value is -3.39. The number of hydrogen-bond acceptors (Lipinski definition) is 4. The molecule has 0 aliphatic heterocycles. The molecule has 0 saturated heterocycles. The van der Waals surface area contributed by atoms with Gasteiger partial charge >= 0.3 is 0 Å². The Kier molecular flexibility index (Phi) is 4.85. The first-order valence-corrected chi connectivity index (χ1v) is 7.91. The molecule has 3 rings (SSSR count). The Balaban J connectivity index is 1.66. The number of aromatic nitrogens is 1. The first-order chi connectivity index (χ1) is 12.5. The second-order valence-corrected chi connectivity index (χ2v) is 5.89. The molecule has 26 heavy (non-hydrogen) atoms. The number of hydrogen-bond donors (Lipinski definition) is 3. The fourth-order valence-electron chi connectivity index (χ4n) is 2.54. The monoisotopic (exact) mass is 372 g/mol. The van der Waals surface area contributed by atoms with E-state index in [4.69, 9.17) is 11.6 Å². The minimum atomic E-state index is -0.805. The van der Waals surface area contributed by atoms with Gasteiger partial charge in [-0.15, -0.1) is 0 Å². The predicted molar refractivity (Wildman–Crippen MR) is 95.7 cm³/mol. The summed E-state index contributed by atoms with van der Waals surface area (Å²) in [5, 5.41) is 12.1. The van der Waals surface area contributed by atoms with E-state index in [1.807, 2.05) is 24.3 Å². The molecule has 1 aromatic heterocycles. The average Bonchev–Trinajstić information content (AvgIpc) is 3.02. The number of nitrogens with zero attached hydrogens (tertiary/aromatic N) is 1. The summed E-state index contributed by atoms with van der Waals surface area (Å²) in [7, 11) is 0. The van der Waals surface area contributed by atoms with Crippen LogP contribution in [0.2, 0.25) is 5.02 Å². The second kappa shape index (κ2) is 7.24. The molecule has 8 nitrogen and oxygen atoms in total. The van der Waals surface area contributed by atoms with Gasteiger partial charge in [-0.2, -0.15) is 0 Å². The van der Waals surface area contributed by atoms with Crippen molar-refractivity contribution in [3.63, 3.8) is 0 Å². The zero-order valence-corrected chi connectivity index (χ0v) is 14.0. The smallest absolute Gasteiger partial charge is 0.283 e. The lowest BCUT2D eigenvalue weighted by molar-refractivity contribution is -0.385. The molecule has 2 amide bonds. The van der Waals surface area contributed by atoms with Crippen LogP contribution in [0.1, 0.15) is 15.9 Å². The van der Waals surface area contributed by atoms with E-state index in [1.54, 1.807) is 6.20 Å². The number of benzene rings is 2. The molecule has 9 heteroatoms. The number of nitro benzene ring substituents is 1. The van der Waals surface area contributed by atoms with Crippen LogP contribution in [0, 0.1) is 10.1 Å². The maximum Gasteiger partial charge on any atom is 0.283 e. The summed E-state index contributed by atoms with van der Waals surface area (Å²) in [6.07, 6.45) is 1.75. The number of fused-ring (bicyclic) bond motifs is 1. The standard InChI is InChI=1S/C17H13ClN4O4/c18-11-5-6-13(15(8-11)22(25)26)17(24)21-20-16(23)7-10-9-19-14-4-2-1-3-12(10)14/h1-6,8-9,19H,7H2,(H,20,23)(H,21,24). The van der Waals surface area contributed by atoms with E-state index in [-0.39, 0.29) is 17.0 Å². The Morgan fingerprint density at radius 2 is 1.92 bits per heavy atom. The van der Waals surface area contributed by atoms with Gasteiger partial charge in [-0.1, -0.05) is 29.8 Å². The van der Waals surface area contributed by atoms with Gasteiger partial charge in [0.05, 0.1) is 11.3 Å². The lowest BCUT2D eigenvalue weighted by atomic mass is 10.1. The lowest BCUT2D eigenvalue weighted by Gasteiger charge is -2.08. The summed E-state index contributed by atoms with van der Waals surface area (Å²) in [5.74, 6) is -1.26. The van der Waals surface area contributed by atoms with Gasteiger partial charge in [0.2, 0.25) is 5.91 Å². The van der Waals surface area contributed by atoms with Crippen molar-refractivity contribution >= 4 is 40.0 Å². The SMILES string of the molecule is O=C(Cc1c[nH]c2ccccc12)NNC(=O)c1ccc(Cl)cc1[N+](=O)[O-]. The minimum absolute atomic E-state index is 0.0347. The number of amides is 2. The Morgan fingerprint density at radius 1 is 1.15 bits per heavy atom. The largest absolute Gasteiger partial charge is 0.361 e. The van der Waals surface area contributed by atoms with Crippen LogP contribution in [-0.4, -0.2) is 21.7 Å². The molecule has 3 aromatic rings. The highest BCUT2D eigenvalue weighted by Crippen LogP contribution is 2.23. The Bertz CT molecular complexity index is 1010. The molecule has 0 atom stereocenters. The van der Waals surface area contributed by atoms with Crippen LogP contribution in [0.5, 0.6) is 0 Å². The Morgan fingerprint density at radius 3 is 2.69 bits per heavy atom. The van der Waals surface area contributed by atoms with Crippen molar-refractivity contribution in [1.29, 1.82) is 0 Å². The third-order valence-electron chi connectivity index (χ3n) is 3.74. The van der Waals surface area contributed by atoms with Gasteiger partial charge in [0, 0.05) is 28.2 Å². The molecule has 0 fully saturated rings. The van der Waals surface area contributed by atoms with E-state index in [2.05, 4.69) is 15.8 Å². The van der Waals surface area contributed by atoms with Crippen LogP contribution in [0.25, 0.3) is 10.9 Å². The molecule has 0 aliphatic rings. The van der Waals surface area contributed by atoms with Crippen molar-refractivity contribution in [1.82, 2.24) is 15.8 Å². The van der Waals surface area contributed by atoms with E-state index in [0.717, 1.165) is 22.5 Å². The number of carbonyl (C=O) groups is 2. The molecule has 0 spiro atoms. The van der Waals surface area contributed by atoms with E-state index < -0.39 is 22.4 Å². The summed E-state index contributed by atoms with van der Waals surface area (Å²) in [6, 6.07) is 11.2. The summed E-state index contributed by atoms with van der Waals surface area (Å²) in [4.78, 5) is 37.6. The van der Waals surface area contributed by atoms with Crippen molar-refractivity contribution < 1.29 is 14.5 Å². The fourth-order valence-corrected chi connectivity index (χ4v) is 2.70. The number of hydrazine groups is 1. The number of rotatable bonds is 4. The zero-order valence-electron chi connectivity index (χ0n) is 13.3. The van der Waals surface area contributed by atoms with E-state index >= 15 is 0 Å². The highest BCUT2D eigenvalue weighted by Gasteiger charge is 2.21. The van der Waals surface area contributed by atoms with E-state index in [1.165, 1.54) is 12.1 Å². The van der Waals surface area contributed by atoms with Crippen LogP contribution in [0.4, 0.5) is 5.69 Å². The molecule has 0 saturated carbocycles. The molecule has 0 unspecified atom stereocenters. The third-order valence-corrected chi connectivity index (χ3v) is 3.98. The molecule has 0 bridgehead atoms. The average molecular weight is 373 g/mol. The molecule has 0 aliphatic carbocycles. The van der Waals surface area contributed by atoms with Crippen LogP contribution < -0.4 is 10.9 Å². The fraction of sp³-hybridized carbons (Fsp3) is 0.0588. The topological polar surface area (TPSA) is 117 Å². The van der Waals surface area contributed by atoms with Gasteiger partial charge in [0.1, 0.15) is 5.56 Å². The minimum Gasteiger partial charge on any atom is -0.361 e. The Labute approximate surface area is 152 Å². The molecular formula is C17H13ClN4O4. The normalized spacial score (nSPS) is 10.5. The second-order valence-electron chi connectivity index (χ2n) is 5.46. The molecule has 2 aromatic carbocycles. The number of aromatic amines is 1. The van der Waals surface area contributed by atoms with Gasteiger partial charge in [0.15, 0.2) is 0 Å². The zero-order chi connectivity index (χ0) is 18.7. The number of para-hydroxylation sites is 1. The molecule has 132 valence electrons. The third kappa shape index (κ3) is 3.65. The van der Waals surface area contributed by atoms with Gasteiger partial charge in [-0.3, -0.25) is 30.6 Å².